The van der Waals surface area contributed by atoms with Crippen LogP contribution in [0.1, 0.15) is 24.8 Å². The third-order valence-electron chi connectivity index (χ3n) is 3.91. The SMILES string of the molecule is CN1C(=O)CCOc2ccc(C#CC3CCOCC3)cc21. The van der Waals surface area contributed by atoms with Crippen molar-refractivity contribution >= 4 is 11.6 Å². The van der Waals surface area contributed by atoms with Crippen LogP contribution in [0.3, 0.4) is 0 Å². The highest BCUT2D eigenvalue weighted by Crippen LogP contribution is 2.31. The number of carbonyl (C=O) groups is 1. The molecule has 1 aromatic rings. The molecule has 3 rings (SSSR count). The molecule has 21 heavy (non-hydrogen) atoms. The fraction of sp³-hybridized carbons (Fsp3) is 0.471. The number of ether oxygens (including phenoxy) is 2. The molecule has 4 heteroatoms. The standard InChI is InChI=1S/C17H19NO3/c1-18-15-12-14(3-2-13-6-9-20-10-7-13)4-5-16(15)21-11-8-17(18)19/h4-5,12-13H,6-11H2,1H3. The van der Waals surface area contributed by atoms with Crippen molar-refractivity contribution in [3.8, 4) is 17.6 Å². The lowest BCUT2D eigenvalue weighted by Gasteiger charge is -2.17. The molecule has 110 valence electrons. The number of hydrogen-bond donors (Lipinski definition) is 0. The molecule has 2 heterocycles. The first kappa shape index (κ1) is 14.0. The minimum atomic E-state index is 0.0725. The Morgan fingerprint density at radius 2 is 2.05 bits per heavy atom. The molecule has 0 radical (unpaired) electrons. The predicted octanol–water partition coefficient (Wildman–Crippen LogP) is 2.21. The van der Waals surface area contributed by atoms with Gasteiger partial charge in [-0.2, -0.15) is 0 Å². The van der Waals surface area contributed by atoms with Crippen LogP contribution in [0.5, 0.6) is 5.75 Å². The molecule has 1 aromatic carbocycles. The molecule has 0 saturated carbocycles. The third-order valence-corrected chi connectivity index (χ3v) is 3.91. The van der Waals surface area contributed by atoms with Gasteiger partial charge in [0, 0.05) is 31.7 Å². The van der Waals surface area contributed by atoms with Crippen molar-refractivity contribution in [2.45, 2.75) is 19.3 Å². The number of fused-ring (bicyclic) bond motifs is 1. The Bertz CT molecular complexity index is 594. The van der Waals surface area contributed by atoms with E-state index in [1.54, 1.807) is 11.9 Å². The highest BCUT2D eigenvalue weighted by molar-refractivity contribution is 5.95. The molecular formula is C17H19NO3. The van der Waals surface area contributed by atoms with E-state index in [4.69, 9.17) is 9.47 Å². The highest BCUT2D eigenvalue weighted by atomic mass is 16.5. The Hall–Kier alpha value is -1.99. The van der Waals surface area contributed by atoms with Crippen LogP contribution in [-0.4, -0.2) is 32.8 Å². The first-order valence-electron chi connectivity index (χ1n) is 7.37. The zero-order valence-corrected chi connectivity index (χ0v) is 12.2. The number of carbonyl (C=O) groups excluding carboxylic acids is 1. The zero-order valence-electron chi connectivity index (χ0n) is 12.2. The Kier molecular flexibility index (Phi) is 4.12. The number of hydrogen-bond acceptors (Lipinski definition) is 3. The maximum absolute atomic E-state index is 11.9. The second-order valence-electron chi connectivity index (χ2n) is 5.39. The van der Waals surface area contributed by atoms with E-state index in [1.807, 2.05) is 18.2 Å². The maximum atomic E-state index is 11.9. The first-order valence-corrected chi connectivity index (χ1v) is 7.37. The number of benzene rings is 1. The Morgan fingerprint density at radius 1 is 1.24 bits per heavy atom. The van der Waals surface area contributed by atoms with Crippen LogP contribution >= 0.6 is 0 Å². The lowest BCUT2D eigenvalue weighted by atomic mass is 10.0. The van der Waals surface area contributed by atoms with Gasteiger partial charge in [0.15, 0.2) is 0 Å². The molecule has 1 amide bonds. The van der Waals surface area contributed by atoms with Gasteiger partial charge in [0.25, 0.3) is 0 Å². The highest BCUT2D eigenvalue weighted by Gasteiger charge is 2.20. The largest absolute Gasteiger partial charge is 0.491 e. The monoisotopic (exact) mass is 285 g/mol. The summed E-state index contributed by atoms with van der Waals surface area (Å²) in [5.74, 6) is 7.77. The summed E-state index contributed by atoms with van der Waals surface area (Å²) >= 11 is 0. The Labute approximate surface area is 125 Å². The number of nitrogens with zero attached hydrogens (tertiary/aromatic N) is 1. The molecule has 0 unspecified atom stereocenters. The second-order valence-corrected chi connectivity index (χ2v) is 5.39. The average molecular weight is 285 g/mol. The molecule has 0 N–H and O–H groups in total. The molecule has 0 atom stereocenters. The molecule has 0 aromatic heterocycles. The third kappa shape index (κ3) is 3.20. The average Bonchev–Trinajstić information content (AvgIpc) is 2.66. The van der Waals surface area contributed by atoms with E-state index >= 15 is 0 Å². The second kappa shape index (κ2) is 6.19. The van der Waals surface area contributed by atoms with Crippen molar-refractivity contribution in [2.24, 2.45) is 5.92 Å². The number of anilines is 1. The van der Waals surface area contributed by atoms with Crippen molar-refractivity contribution in [3.63, 3.8) is 0 Å². The van der Waals surface area contributed by atoms with Gasteiger partial charge in [0.05, 0.1) is 18.7 Å². The number of amides is 1. The first-order chi connectivity index (χ1) is 10.2. The normalized spacial score (nSPS) is 19.1. The van der Waals surface area contributed by atoms with Crippen LogP contribution in [0.25, 0.3) is 0 Å². The molecule has 2 aliphatic rings. The summed E-state index contributed by atoms with van der Waals surface area (Å²) in [5, 5.41) is 0. The topological polar surface area (TPSA) is 38.8 Å². The predicted molar refractivity (Wildman–Crippen MR) is 80.4 cm³/mol. The summed E-state index contributed by atoms with van der Waals surface area (Å²) in [5.41, 5.74) is 1.72. The van der Waals surface area contributed by atoms with E-state index in [9.17, 15) is 4.79 Å². The van der Waals surface area contributed by atoms with Gasteiger partial charge in [0.1, 0.15) is 5.75 Å². The van der Waals surface area contributed by atoms with Gasteiger partial charge in [-0.25, -0.2) is 0 Å². The quantitative estimate of drug-likeness (QED) is 0.686. The lowest BCUT2D eigenvalue weighted by Crippen LogP contribution is -2.25. The molecule has 0 aliphatic carbocycles. The van der Waals surface area contributed by atoms with E-state index in [2.05, 4.69) is 11.8 Å². The Balaban J connectivity index is 1.83. The smallest absolute Gasteiger partial charge is 0.230 e. The van der Waals surface area contributed by atoms with Crippen molar-refractivity contribution in [1.82, 2.24) is 0 Å². The molecule has 1 saturated heterocycles. The van der Waals surface area contributed by atoms with Gasteiger partial charge in [-0.3, -0.25) is 4.79 Å². The van der Waals surface area contributed by atoms with E-state index in [0.29, 0.717) is 18.9 Å². The summed E-state index contributed by atoms with van der Waals surface area (Å²) in [6.45, 7) is 2.03. The van der Waals surface area contributed by atoms with Crippen molar-refractivity contribution in [2.75, 3.05) is 31.8 Å². The fourth-order valence-electron chi connectivity index (χ4n) is 2.56. The maximum Gasteiger partial charge on any atom is 0.230 e. The van der Waals surface area contributed by atoms with Crippen LogP contribution in [0.2, 0.25) is 0 Å². The van der Waals surface area contributed by atoms with Crippen LogP contribution in [0, 0.1) is 17.8 Å². The zero-order chi connectivity index (χ0) is 14.7. The Morgan fingerprint density at radius 3 is 2.86 bits per heavy atom. The van der Waals surface area contributed by atoms with E-state index < -0.39 is 0 Å². The molecule has 1 fully saturated rings. The molecule has 2 aliphatic heterocycles. The summed E-state index contributed by atoms with van der Waals surface area (Å²) < 4.78 is 10.9. The van der Waals surface area contributed by atoms with Gasteiger partial charge in [-0.1, -0.05) is 11.8 Å². The van der Waals surface area contributed by atoms with Crippen LogP contribution < -0.4 is 9.64 Å². The minimum Gasteiger partial charge on any atom is -0.491 e. The molecule has 4 nitrogen and oxygen atoms in total. The van der Waals surface area contributed by atoms with E-state index in [1.165, 1.54) is 0 Å². The summed E-state index contributed by atoms with van der Waals surface area (Å²) in [6.07, 6.45) is 2.41. The van der Waals surface area contributed by atoms with Gasteiger partial charge in [-0.15, -0.1) is 0 Å². The van der Waals surface area contributed by atoms with Gasteiger partial charge >= 0.3 is 0 Å². The van der Waals surface area contributed by atoms with Crippen molar-refractivity contribution in [3.05, 3.63) is 23.8 Å². The van der Waals surface area contributed by atoms with Crippen molar-refractivity contribution < 1.29 is 14.3 Å². The molecule has 0 spiro atoms. The van der Waals surface area contributed by atoms with E-state index in [-0.39, 0.29) is 5.91 Å². The van der Waals surface area contributed by atoms with Gasteiger partial charge in [-0.05, 0) is 31.0 Å². The summed E-state index contributed by atoms with van der Waals surface area (Å²) in [4.78, 5) is 13.5. The summed E-state index contributed by atoms with van der Waals surface area (Å²) in [7, 11) is 1.78. The number of rotatable bonds is 0. The van der Waals surface area contributed by atoms with Crippen LogP contribution in [-0.2, 0) is 9.53 Å². The van der Waals surface area contributed by atoms with Crippen molar-refractivity contribution in [1.29, 1.82) is 0 Å². The van der Waals surface area contributed by atoms with Gasteiger partial charge in [0.2, 0.25) is 5.91 Å². The summed E-state index contributed by atoms with van der Waals surface area (Å²) in [6, 6.07) is 5.79. The molecular weight excluding hydrogens is 266 g/mol. The molecule has 0 bridgehead atoms. The minimum absolute atomic E-state index is 0.0725. The lowest BCUT2D eigenvalue weighted by molar-refractivity contribution is -0.118. The van der Waals surface area contributed by atoms with Crippen LogP contribution in [0.4, 0.5) is 5.69 Å². The van der Waals surface area contributed by atoms with E-state index in [0.717, 1.165) is 43.1 Å². The van der Waals surface area contributed by atoms with Crippen LogP contribution in [0.15, 0.2) is 18.2 Å². The van der Waals surface area contributed by atoms with Gasteiger partial charge < -0.3 is 14.4 Å². The fourth-order valence-corrected chi connectivity index (χ4v) is 2.56.